The highest BCUT2D eigenvalue weighted by Crippen LogP contribution is 2.28. The van der Waals surface area contributed by atoms with E-state index in [1.165, 1.54) is 11.3 Å². The fourth-order valence-corrected chi connectivity index (χ4v) is 2.29. The van der Waals surface area contributed by atoms with E-state index in [2.05, 4.69) is 26.1 Å². The van der Waals surface area contributed by atoms with Crippen LogP contribution in [-0.2, 0) is 0 Å². The molecule has 2 rings (SSSR count). The number of aliphatic hydroxyl groups is 1. The van der Waals surface area contributed by atoms with Gasteiger partial charge >= 0.3 is 0 Å². The predicted octanol–water partition coefficient (Wildman–Crippen LogP) is 2.61. The molecule has 14 heavy (non-hydrogen) atoms. The van der Waals surface area contributed by atoms with Crippen molar-refractivity contribution in [1.29, 1.82) is 0 Å². The molecule has 0 aliphatic carbocycles. The number of nitrogens with zero attached hydrogens (tertiary/aromatic N) is 2. The van der Waals surface area contributed by atoms with Crippen molar-refractivity contribution in [3.8, 4) is 10.7 Å². The lowest BCUT2D eigenvalue weighted by molar-refractivity contribution is 0.152. The van der Waals surface area contributed by atoms with Gasteiger partial charge in [0.05, 0.1) is 4.88 Å². The van der Waals surface area contributed by atoms with E-state index in [9.17, 15) is 5.11 Å². The minimum absolute atomic E-state index is 0.240. The lowest BCUT2D eigenvalue weighted by Gasteiger charge is -1.91. The number of hydrogen-bond acceptors (Lipinski definition) is 5. The summed E-state index contributed by atoms with van der Waals surface area (Å²) in [6.07, 6.45) is -0.723. The van der Waals surface area contributed by atoms with Gasteiger partial charge in [0.2, 0.25) is 5.82 Å². The standard InChI is InChI=1S/C8H7BrN2O2S/c1-4(12)8-10-7(11-13-8)6-2-5(9)3-14-6/h2-4,12H,1H3/t4-/m0/s1. The monoisotopic (exact) mass is 274 g/mol. The molecule has 2 aromatic heterocycles. The SMILES string of the molecule is C[C@H](O)c1nc(-c2cc(Br)cs2)no1. The Kier molecular flexibility index (Phi) is 2.66. The van der Waals surface area contributed by atoms with Crippen molar-refractivity contribution in [3.05, 3.63) is 21.8 Å². The summed E-state index contributed by atoms with van der Waals surface area (Å²) in [5, 5.41) is 14.9. The van der Waals surface area contributed by atoms with Crippen LogP contribution in [0.1, 0.15) is 18.9 Å². The zero-order valence-corrected chi connectivity index (χ0v) is 9.67. The van der Waals surface area contributed by atoms with Crippen LogP contribution in [0.2, 0.25) is 0 Å². The molecule has 0 aliphatic heterocycles. The minimum atomic E-state index is -0.723. The molecule has 0 spiro atoms. The van der Waals surface area contributed by atoms with E-state index in [0.717, 1.165) is 9.35 Å². The molecule has 0 bridgehead atoms. The number of halogens is 1. The van der Waals surface area contributed by atoms with Gasteiger partial charge in [0.25, 0.3) is 5.89 Å². The first kappa shape index (κ1) is 9.82. The van der Waals surface area contributed by atoms with E-state index in [1.54, 1.807) is 6.92 Å². The number of thiophene rings is 1. The highest BCUT2D eigenvalue weighted by molar-refractivity contribution is 9.10. The quantitative estimate of drug-likeness (QED) is 0.915. The smallest absolute Gasteiger partial charge is 0.255 e. The molecular weight excluding hydrogens is 268 g/mol. The van der Waals surface area contributed by atoms with Crippen LogP contribution in [0, 0.1) is 0 Å². The van der Waals surface area contributed by atoms with Crippen LogP contribution in [0.5, 0.6) is 0 Å². The Morgan fingerprint density at radius 3 is 2.93 bits per heavy atom. The molecule has 0 unspecified atom stereocenters. The van der Waals surface area contributed by atoms with Crippen LogP contribution >= 0.6 is 27.3 Å². The average molecular weight is 275 g/mol. The Morgan fingerprint density at radius 1 is 1.64 bits per heavy atom. The fourth-order valence-electron chi connectivity index (χ4n) is 0.935. The zero-order valence-electron chi connectivity index (χ0n) is 7.27. The second-order valence-corrected chi connectivity index (χ2v) is 4.59. The first-order valence-electron chi connectivity index (χ1n) is 3.93. The van der Waals surface area contributed by atoms with Gasteiger partial charge in [0.1, 0.15) is 6.10 Å². The van der Waals surface area contributed by atoms with Crippen LogP contribution in [0.3, 0.4) is 0 Å². The number of rotatable bonds is 2. The molecule has 0 saturated heterocycles. The summed E-state index contributed by atoms with van der Waals surface area (Å²) in [6.45, 7) is 1.58. The largest absolute Gasteiger partial charge is 0.384 e. The highest BCUT2D eigenvalue weighted by Gasteiger charge is 2.13. The molecule has 2 aromatic rings. The lowest BCUT2D eigenvalue weighted by atomic mass is 10.4. The van der Waals surface area contributed by atoms with Gasteiger partial charge in [-0.15, -0.1) is 11.3 Å². The van der Waals surface area contributed by atoms with Gasteiger partial charge in [0, 0.05) is 9.85 Å². The molecule has 0 saturated carbocycles. The second kappa shape index (κ2) is 3.80. The third kappa shape index (κ3) is 1.87. The number of aromatic nitrogens is 2. The summed E-state index contributed by atoms with van der Waals surface area (Å²) in [4.78, 5) is 4.96. The number of hydrogen-bond donors (Lipinski definition) is 1. The molecule has 0 amide bonds. The maximum absolute atomic E-state index is 9.19. The first-order chi connectivity index (χ1) is 6.66. The van der Waals surface area contributed by atoms with Crippen molar-refractivity contribution in [1.82, 2.24) is 10.1 Å². The van der Waals surface area contributed by atoms with E-state index in [-0.39, 0.29) is 5.89 Å². The Morgan fingerprint density at radius 2 is 2.43 bits per heavy atom. The van der Waals surface area contributed by atoms with Gasteiger partial charge in [0.15, 0.2) is 0 Å². The first-order valence-corrected chi connectivity index (χ1v) is 5.60. The minimum Gasteiger partial charge on any atom is -0.384 e. The van der Waals surface area contributed by atoms with Gasteiger partial charge in [-0.3, -0.25) is 0 Å². The summed E-state index contributed by atoms with van der Waals surface area (Å²) >= 11 is 4.85. The van der Waals surface area contributed by atoms with Gasteiger partial charge in [-0.05, 0) is 28.9 Å². The fraction of sp³-hybridized carbons (Fsp3) is 0.250. The molecule has 1 N–H and O–H groups in total. The van der Waals surface area contributed by atoms with Gasteiger partial charge in [-0.1, -0.05) is 5.16 Å². The summed E-state index contributed by atoms with van der Waals surface area (Å²) in [5.41, 5.74) is 0. The van der Waals surface area contributed by atoms with Crippen molar-refractivity contribution >= 4 is 27.3 Å². The maximum Gasteiger partial charge on any atom is 0.255 e. The molecule has 74 valence electrons. The third-order valence-corrected chi connectivity index (χ3v) is 3.27. The Hall–Kier alpha value is -0.720. The molecule has 0 aliphatic rings. The normalized spacial score (nSPS) is 13.1. The third-order valence-electron chi connectivity index (χ3n) is 1.59. The Balaban J connectivity index is 2.33. The molecule has 0 fully saturated rings. The molecule has 1 atom stereocenters. The molecular formula is C8H7BrN2O2S. The Labute approximate surface area is 92.7 Å². The average Bonchev–Trinajstić information content (AvgIpc) is 2.70. The van der Waals surface area contributed by atoms with Crippen LogP contribution in [0.25, 0.3) is 10.7 Å². The van der Waals surface area contributed by atoms with E-state index in [0.29, 0.717) is 5.82 Å². The molecule has 6 heteroatoms. The second-order valence-electron chi connectivity index (χ2n) is 2.76. The summed E-state index contributed by atoms with van der Waals surface area (Å²) in [5.74, 6) is 0.751. The van der Waals surface area contributed by atoms with E-state index >= 15 is 0 Å². The van der Waals surface area contributed by atoms with Crippen molar-refractivity contribution in [2.45, 2.75) is 13.0 Å². The van der Waals surface area contributed by atoms with Crippen molar-refractivity contribution in [3.63, 3.8) is 0 Å². The van der Waals surface area contributed by atoms with E-state index < -0.39 is 6.10 Å². The van der Waals surface area contributed by atoms with Crippen molar-refractivity contribution in [2.75, 3.05) is 0 Å². The van der Waals surface area contributed by atoms with E-state index in [1.807, 2.05) is 11.4 Å². The van der Waals surface area contributed by atoms with Crippen molar-refractivity contribution in [2.24, 2.45) is 0 Å². The van der Waals surface area contributed by atoms with Crippen LogP contribution in [0.4, 0.5) is 0 Å². The maximum atomic E-state index is 9.19. The van der Waals surface area contributed by atoms with Crippen LogP contribution < -0.4 is 0 Å². The Bertz CT molecular complexity index is 438. The highest BCUT2D eigenvalue weighted by atomic mass is 79.9. The van der Waals surface area contributed by atoms with Crippen molar-refractivity contribution < 1.29 is 9.63 Å². The van der Waals surface area contributed by atoms with Gasteiger partial charge in [-0.2, -0.15) is 4.98 Å². The number of aliphatic hydroxyl groups excluding tert-OH is 1. The molecule has 0 aromatic carbocycles. The van der Waals surface area contributed by atoms with E-state index in [4.69, 9.17) is 4.52 Å². The van der Waals surface area contributed by atoms with Gasteiger partial charge in [-0.25, -0.2) is 0 Å². The topological polar surface area (TPSA) is 59.2 Å². The van der Waals surface area contributed by atoms with Gasteiger partial charge < -0.3 is 9.63 Å². The summed E-state index contributed by atoms with van der Waals surface area (Å²) in [6, 6.07) is 1.90. The summed E-state index contributed by atoms with van der Waals surface area (Å²) < 4.78 is 5.86. The molecule has 4 nitrogen and oxygen atoms in total. The lowest BCUT2D eigenvalue weighted by Crippen LogP contribution is -1.89. The van der Waals surface area contributed by atoms with Crippen LogP contribution in [0.15, 0.2) is 20.4 Å². The molecule has 2 heterocycles. The zero-order chi connectivity index (χ0) is 10.1. The van der Waals surface area contributed by atoms with Crippen LogP contribution in [-0.4, -0.2) is 15.2 Å². The summed E-state index contributed by atoms with van der Waals surface area (Å²) in [7, 11) is 0. The predicted molar refractivity (Wildman–Crippen MR) is 55.9 cm³/mol. The molecule has 0 radical (unpaired) electrons.